The van der Waals surface area contributed by atoms with Gasteiger partial charge in [-0.05, 0) is 36.5 Å². The standard InChI is InChI=1S/C20H19FN2O2/c21-20(11-9-15-7-4-8-18(22)23-15)12-10-16(19(24)25)17(13-20)14-5-2-1-3-6-14/h1-8,16-17H,10,12-13H2,(H2,22,23)(H,24,25)/t16-,17+,20?/m1/s1. The first kappa shape index (κ1) is 17.0. The molecule has 128 valence electrons. The van der Waals surface area contributed by atoms with Crippen LogP contribution in [0, 0.1) is 17.8 Å². The second kappa shape index (κ2) is 6.94. The van der Waals surface area contributed by atoms with Crippen LogP contribution in [0.3, 0.4) is 0 Å². The highest BCUT2D eigenvalue weighted by Crippen LogP contribution is 2.44. The van der Waals surface area contributed by atoms with Gasteiger partial charge in [0.05, 0.1) is 5.92 Å². The van der Waals surface area contributed by atoms with Crippen molar-refractivity contribution in [2.75, 3.05) is 5.73 Å². The number of benzene rings is 1. The summed E-state index contributed by atoms with van der Waals surface area (Å²) in [5, 5.41) is 9.50. The lowest BCUT2D eigenvalue weighted by Crippen LogP contribution is -2.37. The molecule has 25 heavy (non-hydrogen) atoms. The summed E-state index contributed by atoms with van der Waals surface area (Å²) in [6.07, 6.45) is 0.413. The maximum atomic E-state index is 15.3. The van der Waals surface area contributed by atoms with E-state index in [9.17, 15) is 9.90 Å². The first-order valence-electron chi connectivity index (χ1n) is 8.19. The van der Waals surface area contributed by atoms with Gasteiger partial charge in [0.2, 0.25) is 0 Å². The van der Waals surface area contributed by atoms with Crippen molar-refractivity contribution in [3.63, 3.8) is 0 Å². The monoisotopic (exact) mass is 338 g/mol. The molecule has 3 N–H and O–H groups in total. The van der Waals surface area contributed by atoms with Gasteiger partial charge in [-0.2, -0.15) is 0 Å². The number of nitrogens with zero attached hydrogens (tertiary/aromatic N) is 1. The number of hydrogen-bond acceptors (Lipinski definition) is 3. The van der Waals surface area contributed by atoms with Crippen LogP contribution < -0.4 is 5.73 Å². The van der Waals surface area contributed by atoms with Crippen LogP contribution in [0.4, 0.5) is 10.2 Å². The molecule has 1 aliphatic rings. The topological polar surface area (TPSA) is 76.2 Å². The van der Waals surface area contributed by atoms with Crippen molar-refractivity contribution in [3.05, 3.63) is 59.8 Å². The third kappa shape index (κ3) is 3.97. The first-order valence-corrected chi connectivity index (χ1v) is 8.19. The second-order valence-electron chi connectivity index (χ2n) is 6.37. The van der Waals surface area contributed by atoms with E-state index in [1.165, 1.54) is 0 Å². The molecule has 0 spiro atoms. The fraction of sp³-hybridized carbons (Fsp3) is 0.300. The van der Waals surface area contributed by atoms with Crippen LogP contribution in [0.2, 0.25) is 0 Å². The van der Waals surface area contributed by atoms with E-state index < -0.39 is 23.5 Å². The second-order valence-corrected chi connectivity index (χ2v) is 6.37. The number of alkyl halides is 1. The Labute approximate surface area is 145 Å². The minimum absolute atomic E-state index is 0.0588. The number of nitrogen functional groups attached to an aromatic ring is 1. The summed E-state index contributed by atoms with van der Waals surface area (Å²) in [7, 11) is 0. The zero-order valence-electron chi connectivity index (χ0n) is 13.7. The molecule has 4 nitrogen and oxygen atoms in total. The van der Waals surface area contributed by atoms with E-state index >= 15 is 4.39 Å². The summed E-state index contributed by atoms with van der Waals surface area (Å²) in [4.78, 5) is 15.6. The molecule has 0 aliphatic heterocycles. The molecule has 2 aromatic rings. The van der Waals surface area contributed by atoms with Gasteiger partial charge in [-0.15, -0.1) is 0 Å². The van der Waals surface area contributed by atoms with E-state index in [4.69, 9.17) is 5.73 Å². The Hall–Kier alpha value is -2.87. The van der Waals surface area contributed by atoms with Gasteiger partial charge in [-0.1, -0.05) is 42.3 Å². The molecule has 0 radical (unpaired) electrons. The molecule has 1 aromatic heterocycles. The van der Waals surface area contributed by atoms with E-state index in [0.717, 1.165) is 5.56 Å². The lowest BCUT2D eigenvalue weighted by atomic mass is 9.70. The quantitative estimate of drug-likeness (QED) is 0.823. The molecule has 1 aliphatic carbocycles. The molecule has 1 heterocycles. The van der Waals surface area contributed by atoms with Gasteiger partial charge in [0, 0.05) is 12.3 Å². The van der Waals surface area contributed by atoms with Crippen molar-refractivity contribution < 1.29 is 14.3 Å². The van der Waals surface area contributed by atoms with Crippen molar-refractivity contribution in [1.29, 1.82) is 0 Å². The van der Waals surface area contributed by atoms with Crippen LogP contribution in [0.15, 0.2) is 48.5 Å². The third-order valence-electron chi connectivity index (χ3n) is 4.61. The number of pyridine rings is 1. The minimum atomic E-state index is -1.74. The number of aromatic nitrogens is 1. The predicted molar refractivity (Wildman–Crippen MR) is 93.5 cm³/mol. The van der Waals surface area contributed by atoms with Gasteiger partial charge in [0.25, 0.3) is 0 Å². The van der Waals surface area contributed by atoms with Crippen LogP contribution in [-0.2, 0) is 4.79 Å². The molecule has 1 aromatic carbocycles. The minimum Gasteiger partial charge on any atom is -0.481 e. The molecule has 1 saturated carbocycles. The van der Waals surface area contributed by atoms with E-state index in [0.29, 0.717) is 11.5 Å². The number of aliphatic carboxylic acids is 1. The van der Waals surface area contributed by atoms with Crippen LogP contribution in [0.1, 0.15) is 36.4 Å². The third-order valence-corrected chi connectivity index (χ3v) is 4.61. The number of hydrogen-bond donors (Lipinski definition) is 2. The zero-order valence-corrected chi connectivity index (χ0v) is 13.7. The Kier molecular flexibility index (Phi) is 4.71. The van der Waals surface area contributed by atoms with Crippen LogP contribution in [0.5, 0.6) is 0 Å². The van der Waals surface area contributed by atoms with Gasteiger partial charge in [0.15, 0.2) is 5.67 Å². The molecular formula is C20H19FN2O2. The van der Waals surface area contributed by atoms with Crippen LogP contribution in [0.25, 0.3) is 0 Å². The number of rotatable bonds is 2. The summed E-state index contributed by atoms with van der Waals surface area (Å²) in [5.74, 6) is 3.86. The average Bonchev–Trinajstić information content (AvgIpc) is 2.61. The van der Waals surface area contributed by atoms with E-state index in [2.05, 4.69) is 16.8 Å². The Morgan fingerprint density at radius 2 is 2.00 bits per heavy atom. The number of halogens is 1. The normalized spacial score (nSPS) is 25.6. The van der Waals surface area contributed by atoms with Crippen LogP contribution >= 0.6 is 0 Å². The fourth-order valence-corrected chi connectivity index (χ4v) is 3.34. The van der Waals surface area contributed by atoms with Crippen molar-refractivity contribution in [2.45, 2.75) is 30.8 Å². The van der Waals surface area contributed by atoms with Gasteiger partial charge >= 0.3 is 5.97 Å². The van der Waals surface area contributed by atoms with E-state index in [1.54, 1.807) is 18.2 Å². The molecule has 1 unspecified atom stereocenters. The Morgan fingerprint density at radius 1 is 1.24 bits per heavy atom. The zero-order chi connectivity index (χ0) is 17.9. The van der Waals surface area contributed by atoms with Gasteiger partial charge in [-0.3, -0.25) is 4.79 Å². The predicted octanol–water partition coefficient (Wildman–Crippen LogP) is 3.39. The van der Waals surface area contributed by atoms with E-state index in [1.807, 2.05) is 30.3 Å². The van der Waals surface area contributed by atoms with Crippen LogP contribution in [-0.4, -0.2) is 21.7 Å². The van der Waals surface area contributed by atoms with E-state index in [-0.39, 0.29) is 19.3 Å². The summed E-state index contributed by atoms with van der Waals surface area (Å²) < 4.78 is 15.3. The SMILES string of the molecule is Nc1cccc(C#CC2(F)CC[C@@H](C(=O)O)[C@H](c3ccccc3)C2)n1. The molecule has 0 bridgehead atoms. The molecule has 3 rings (SSSR count). The molecule has 5 heteroatoms. The largest absolute Gasteiger partial charge is 0.481 e. The van der Waals surface area contributed by atoms with Gasteiger partial charge in [0.1, 0.15) is 11.5 Å². The van der Waals surface area contributed by atoms with Crippen molar-refractivity contribution in [2.24, 2.45) is 5.92 Å². The molecule has 1 fully saturated rings. The summed E-state index contributed by atoms with van der Waals surface area (Å²) in [6.45, 7) is 0. The average molecular weight is 338 g/mol. The molecule has 0 saturated heterocycles. The van der Waals surface area contributed by atoms with Gasteiger partial charge < -0.3 is 10.8 Å². The number of carbonyl (C=O) groups is 1. The molecule has 3 atom stereocenters. The Balaban J connectivity index is 1.88. The molecular weight excluding hydrogens is 319 g/mol. The number of carboxylic acids is 1. The lowest BCUT2D eigenvalue weighted by Gasteiger charge is -2.35. The summed E-state index contributed by atoms with van der Waals surface area (Å²) in [5.41, 5.74) is 5.12. The fourth-order valence-electron chi connectivity index (χ4n) is 3.34. The number of carboxylic acid groups (broad SMARTS) is 1. The van der Waals surface area contributed by atoms with Crippen molar-refractivity contribution in [3.8, 4) is 11.8 Å². The van der Waals surface area contributed by atoms with Crippen molar-refractivity contribution >= 4 is 11.8 Å². The number of anilines is 1. The summed E-state index contributed by atoms with van der Waals surface area (Å²) >= 11 is 0. The molecule has 0 amide bonds. The number of nitrogens with two attached hydrogens (primary N) is 1. The van der Waals surface area contributed by atoms with Gasteiger partial charge in [-0.25, -0.2) is 9.37 Å². The smallest absolute Gasteiger partial charge is 0.307 e. The summed E-state index contributed by atoms with van der Waals surface area (Å²) in [6, 6.07) is 14.3. The Morgan fingerprint density at radius 3 is 2.68 bits per heavy atom. The highest BCUT2D eigenvalue weighted by Gasteiger charge is 2.43. The highest BCUT2D eigenvalue weighted by molar-refractivity contribution is 5.71. The Bertz CT molecular complexity index is 828. The maximum Gasteiger partial charge on any atom is 0.307 e. The highest BCUT2D eigenvalue weighted by atomic mass is 19.1. The van der Waals surface area contributed by atoms with Crippen molar-refractivity contribution in [1.82, 2.24) is 4.98 Å². The first-order chi connectivity index (χ1) is 12.0. The maximum absolute atomic E-state index is 15.3. The lowest BCUT2D eigenvalue weighted by molar-refractivity contribution is -0.144.